The monoisotopic (exact) mass is 324 g/mol. The minimum atomic E-state index is -1.09. The van der Waals surface area contributed by atoms with Crippen molar-refractivity contribution in [1.82, 2.24) is 5.32 Å². The fraction of sp³-hybridized carbons (Fsp3) is 0.588. The molecule has 6 nitrogen and oxygen atoms in total. The third kappa shape index (κ3) is 5.63. The molecule has 0 radical (unpaired) electrons. The predicted octanol–water partition coefficient (Wildman–Crippen LogP) is 3.78. The van der Waals surface area contributed by atoms with Crippen LogP contribution in [-0.2, 0) is 4.74 Å². The molecule has 0 heterocycles. The molecule has 0 fully saturated rings. The predicted molar refractivity (Wildman–Crippen MR) is 90.5 cm³/mol. The van der Waals surface area contributed by atoms with Gasteiger partial charge in [0, 0.05) is 24.3 Å². The molecule has 1 amide bonds. The third-order valence-electron chi connectivity index (χ3n) is 3.46. The molecule has 1 rings (SSSR count). The van der Waals surface area contributed by atoms with Gasteiger partial charge in [-0.2, -0.15) is 0 Å². The normalized spacial score (nSPS) is 14.1. The number of amides is 1. The van der Waals surface area contributed by atoms with Gasteiger partial charge in [-0.3, -0.25) is 0 Å². The number of carboxylic acid groups (broad SMARTS) is 1. The lowest BCUT2D eigenvalue weighted by molar-refractivity contribution is -0.0767. The van der Waals surface area contributed by atoms with Gasteiger partial charge in [-0.25, -0.2) is 4.79 Å². The van der Waals surface area contributed by atoms with E-state index >= 15 is 0 Å². The zero-order valence-corrected chi connectivity index (χ0v) is 14.6. The zero-order chi connectivity index (χ0) is 17.6. The first-order chi connectivity index (χ1) is 10.7. The van der Waals surface area contributed by atoms with Crippen LogP contribution in [0.5, 0.6) is 5.75 Å². The van der Waals surface area contributed by atoms with Crippen molar-refractivity contribution in [3.63, 3.8) is 0 Å². The second-order valence-corrected chi connectivity index (χ2v) is 6.45. The van der Waals surface area contributed by atoms with E-state index in [0.717, 1.165) is 0 Å². The van der Waals surface area contributed by atoms with Gasteiger partial charge in [0.2, 0.25) is 0 Å². The molecule has 0 bridgehead atoms. The average molecular weight is 324 g/mol. The summed E-state index contributed by atoms with van der Waals surface area (Å²) in [5.41, 5.74) is 6.95. The van der Waals surface area contributed by atoms with Crippen LogP contribution >= 0.6 is 0 Å². The van der Waals surface area contributed by atoms with E-state index < -0.39 is 12.1 Å². The minimum Gasteiger partial charge on any atom is -0.465 e. The molecule has 0 aromatic heterocycles. The maximum absolute atomic E-state index is 11.1. The smallest absolute Gasteiger partial charge is 0.405 e. The summed E-state index contributed by atoms with van der Waals surface area (Å²) < 4.78 is 11.3. The molecule has 23 heavy (non-hydrogen) atoms. The van der Waals surface area contributed by atoms with Crippen LogP contribution < -0.4 is 15.8 Å². The lowest BCUT2D eigenvalue weighted by Crippen LogP contribution is -2.36. The number of nitrogens with one attached hydrogen (secondary N) is 1. The number of benzene rings is 1. The van der Waals surface area contributed by atoms with Crippen molar-refractivity contribution in [1.29, 1.82) is 0 Å². The number of nitrogen functional groups attached to an aromatic ring is 1. The largest absolute Gasteiger partial charge is 0.465 e. The molecule has 0 aliphatic carbocycles. The molecule has 2 unspecified atom stereocenters. The molecule has 0 aliphatic rings. The van der Waals surface area contributed by atoms with Crippen LogP contribution in [0.4, 0.5) is 10.5 Å². The Hall–Kier alpha value is -1.95. The summed E-state index contributed by atoms with van der Waals surface area (Å²) in [7, 11) is 0. The molecule has 0 saturated carbocycles. The Morgan fingerprint density at radius 3 is 2.48 bits per heavy atom. The van der Waals surface area contributed by atoms with Crippen LogP contribution in [-0.4, -0.2) is 24.1 Å². The standard InChI is InChI=1S/C17H28N2O4/c1-6-14(22-7-2)23-11-8-9-13(18)12(10-11)15(17(3,4)5)19-16(20)21/h8-10,14-15,19H,6-7,18H2,1-5H3,(H,20,21). The van der Waals surface area contributed by atoms with Gasteiger partial charge in [-0.05, 0) is 30.5 Å². The number of carbonyl (C=O) groups is 1. The van der Waals surface area contributed by atoms with Crippen LogP contribution in [0.15, 0.2) is 18.2 Å². The van der Waals surface area contributed by atoms with Crippen molar-refractivity contribution < 1.29 is 19.4 Å². The zero-order valence-electron chi connectivity index (χ0n) is 14.6. The first kappa shape index (κ1) is 19.1. The number of ether oxygens (including phenoxy) is 2. The minimum absolute atomic E-state index is 0.336. The number of hydrogen-bond donors (Lipinski definition) is 3. The Balaban J connectivity index is 3.13. The molecular weight excluding hydrogens is 296 g/mol. The first-order valence-electron chi connectivity index (χ1n) is 7.86. The van der Waals surface area contributed by atoms with Crippen LogP contribution in [0.25, 0.3) is 0 Å². The number of anilines is 1. The highest BCUT2D eigenvalue weighted by atomic mass is 16.7. The molecule has 0 aliphatic heterocycles. The van der Waals surface area contributed by atoms with Gasteiger partial charge < -0.3 is 25.6 Å². The molecule has 4 N–H and O–H groups in total. The van der Waals surface area contributed by atoms with Crippen molar-refractivity contribution in [2.75, 3.05) is 12.3 Å². The van der Waals surface area contributed by atoms with E-state index in [-0.39, 0.29) is 11.7 Å². The molecule has 2 atom stereocenters. The summed E-state index contributed by atoms with van der Waals surface area (Å²) in [5.74, 6) is 0.607. The van der Waals surface area contributed by atoms with E-state index in [1.165, 1.54) is 0 Å². The third-order valence-corrected chi connectivity index (χ3v) is 3.46. The number of rotatable bonds is 7. The highest BCUT2D eigenvalue weighted by Crippen LogP contribution is 2.37. The van der Waals surface area contributed by atoms with Gasteiger partial charge in [0.25, 0.3) is 0 Å². The van der Waals surface area contributed by atoms with Crippen LogP contribution in [0.3, 0.4) is 0 Å². The Kier molecular flexibility index (Phi) is 6.69. The van der Waals surface area contributed by atoms with Crippen LogP contribution in [0, 0.1) is 5.41 Å². The molecule has 1 aromatic rings. The van der Waals surface area contributed by atoms with Crippen molar-refractivity contribution in [2.45, 2.75) is 53.4 Å². The van der Waals surface area contributed by atoms with Gasteiger partial charge in [0.05, 0.1) is 6.04 Å². The number of nitrogens with two attached hydrogens (primary N) is 1. The Bertz CT molecular complexity index is 526. The molecule has 0 spiro atoms. The second kappa shape index (κ2) is 8.06. The molecule has 6 heteroatoms. The molecule has 0 saturated heterocycles. The van der Waals surface area contributed by atoms with Gasteiger partial charge in [0.1, 0.15) is 5.75 Å². The molecular formula is C17H28N2O4. The van der Waals surface area contributed by atoms with E-state index in [4.69, 9.17) is 20.3 Å². The second-order valence-electron chi connectivity index (χ2n) is 6.45. The Labute approximate surface area is 138 Å². The molecule has 1 aromatic carbocycles. The summed E-state index contributed by atoms with van der Waals surface area (Å²) in [5, 5.41) is 11.7. The summed E-state index contributed by atoms with van der Waals surface area (Å²) in [6, 6.07) is 4.82. The molecule has 130 valence electrons. The van der Waals surface area contributed by atoms with Gasteiger partial charge in [-0.1, -0.05) is 27.7 Å². The highest BCUT2D eigenvalue weighted by molar-refractivity contribution is 5.66. The quantitative estimate of drug-likeness (QED) is 0.524. The van der Waals surface area contributed by atoms with E-state index in [1.807, 2.05) is 34.6 Å². The Morgan fingerprint density at radius 1 is 1.35 bits per heavy atom. The average Bonchev–Trinajstić information content (AvgIpc) is 2.45. The summed E-state index contributed by atoms with van der Waals surface area (Å²) in [4.78, 5) is 11.1. The van der Waals surface area contributed by atoms with Crippen LogP contribution in [0.1, 0.15) is 52.6 Å². The van der Waals surface area contributed by atoms with Crippen molar-refractivity contribution >= 4 is 11.8 Å². The fourth-order valence-corrected chi connectivity index (χ4v) is 2.33. The Morgan fingerprint density at radius 2 is 2.00 bits per heavy atom. The maximum atomic E-state index is 11.1. The van der Waals surface area contributed by atoms with E-state index in [1.54, 1.807) is 18.2 Å². The van der Waals surface area contributed by atoms with E-state index in [0.29, 0.717) is 30.0 Å². The first-order valence-corrected chi connectivity index (χ1v) is 7.86. The summed E-state index contributed by atoms with van der Waals surface area (Å²) in [6.07, 6.45) is -0.711. The van der Waals surface area contributed by atoms with Crippen molar-refractivity contribution in [3.8, 4) is 5.75 Å². The summed E-state index contributed by atoms with van der Waals surface area (Å²) in [6.45, 7) is 10.3. The van der Waals surface area contributed by atoms with Gasteiger partial charge >= 0.3 is 6.09 Å². The lowest BCUT2D eigenvalue weighted by Gasteiger charge is -2.32. The van der Waals surface area contributed by atoms with Gasteiger partial charge in [-0.15, -0.1) is 0 Å². The topological polar surface area (TPSA) is 93.8 Å². The van der Waals surface area contributed by atoms with E-state index in [9.17, 15) is 4.79 Å². The number of hydrogen-bond acceptors (Lipinski definition) is 4. The highest BCUT2D eigenvalue weighted by Gasteiger charge is 2.30. The maximum Gasteiger partial charge on any atom is 0.405 e. The van der Waals surface area contributed by atoms with Gasteiger partial charge in [0.15, 0.2) is 6.29 Å². The summed E-state index contributed by atoms with van der Waals surface area (Å²) >= 11 is 0. The lowest BCUT2D eigenvalue weighted by atomic mass is 9.81. The van der Waals surface area contributed by atoms with Crippen molar-refractivity contribution in [2.24, 2.45) is 5.41 Å². The van der Waals surface area contributed by atoms with Crippen LogP contribution in [0.2, 0.25) is 0 Å². The SMILES string of the molecule is CCOC(CC)Oc1ccc(N)c(C(NC(=O)O)C(C)(C)C)c1. The fourth-order valence-electron chi connectivity index (χ4n) is 2.33. The van der Waals surface area contributed by atoms with Crippen molar-refractivity contribution in [3.05, 3.63) is 23.8 Å². The van der Waals surface area contributed by atoms with E-state index in [2.05, 4.69) is 5.32 Å².